The maximum absolute atomic E-state index is 12.6. The second kappa shape index (κ2) is 6.34. The van der Waals surface area contributed by atoms with Gasteiger partial charge in [0, 0.05) is 45.2 Å². The molecule has 1 unspecified atom stereocenters. The van der Waals surface area contributed by atoms with E-state index in [1.54, 1.807) is 23.2 Å². The van der Waals surface area contributed by atoms with Crippen LogP contribution in [-0.4, -0.2) is 56.5 Å². The number of likely N-dealkylation sites (tertiary alicyclic amines) is 1. The van der Waals surface area contributed by atoms with E-state index in [0.717, 1.165) is 38.0 Å². The predicted octanol–water partition coefficient (Wildman–Crippen LogP) is 0.733. The van der Waals surface area contributed by atoms with Crippen LogP contribution in [0.1, 0.15) is 41.4 Å². The Balaban J connectivity index is 1.52. The maximum atomic E-state index is 12.6. The molecule has 0 aromatic carbocycles. The lowest BCUT2D eigenvalue weighted by atomic mass is 10.1. The van der Waals surface area contributed by atoms with Crippen molar-refractivity contribution in [3.05, 3.63) is 40.3 Å². The van der Waals surface area contributed by atoms with E-state index in [-0.39, 0.29) is 17.4 Å². The van der Waals surface area contributed by atoms with Gasteiger partial charge in [-0.3, -0.25) is 14.6 Å². The number of amides is 1. The van der Waals surface area contributed by atoms with E-state index in [2.05, 4.69) is 19.9 Å². The first-order valence-electron chi connectivity index (χ1n) is 8.73. The lowest BCUT2D eigenvalue weighted by molar-refractivity contribution is 0.0781. The number of anilines is 1. The van der Waals surface area contributed by atoms with Crippen LogP contribution in [0.15, 0.2) is 23.4 Å². The van der Waals surface area contributed by atoms with Gasteiger partial charge in [0.05, 0.1) is 18.2 Å². The first kappa shape index (κ1) is 15.9. The van der Waals surface area contributed by atoms with Gasteiger partial charge in [-0.1, -0.05) is 0 Å². The fourth-order valence-corrected chi connectivity index (χ4v) is 3.66. The smallest absolute Gasteiger partial charge is 0.272 e. The van der Waals surface area contributed by atoms with Crippen molar-refractivity contribution in [2.24, 2.45) is 7.05 Å². The van der Waals surface area contributed by atoms with Crippen LogP contribution in [-0.2, 0) is 7.05 Å². The number of hydrogen-bond acceptors (Lipinski definition) is 5. The summed E-state index contributed by atoms with van der Waals surface area (Å²) >= 11 is 0. The van der Waals surface area contributed by atoms with Gasteiger partial charge in [-0.25, -0.2) is 9.97 Å². The number of aromatic amines is 1. The second-order valence-corrected chi connectivity index (χ2v) is 6.81. The second-order valence-electron chi connectivity index (χ2n) is 6.81. The molecular weight excluding hydrogens is 320 g/mol. The summed E-state index contributed by atoms with van der Waals surface area (Å²) in [6, 6.07) is 1.57. The van der Waals surface area contributed by atoms with E-state index in [0.29, 0.717) is 24.7 Å². The zero-order valence-corrected chi connectivity index (χ0v) is 14.3. The molecule has 1 N–H and O–H groups in total. The zero-order valence-electron chi connectivity index (χ0n) is 14.3. The van der Waals surface area contributed by atoms with Crippen LogP contribution in [0.3, 0.4) is 0 Å². The third-order valence-corrected chi connectivity index (χ3v) is 5.08. The van der Waals surface area contributed by atoms with E-state index in [4.69, 9.17) is 0 Å². The van der Waals surface area contributed by atoms with Gasteiger partial charge in [0.25, 0.3) is 11.5 Å². The number of nitrogens with one attached hydrogen (secondary N) is 1. The predicted molar refractivity (Wildman–Crippen MR) is 92.8 cm³/mol. The zero-order chi connectivity index (χ0) is 17.4. The van der Waals surface area contributed by atoms with Crippen LogP contribution < -0.4 is 10.5 Å². The van der Waals surface area contributed by atoms with Crippen LogP contribution >= 0.6 is 0 Å². The molecule has 2 fully saturated rings. The lowest BCUT2D eigenvalue weighted by Crippen LogP contribution is -2.30. The summed E-state index contributed by atoms with van der Waals surface area (Å²) in [6.45, 7) is 3.12. The third kappa shape index (κ3) is 3.04. The highest BCUT2D eigenvalue weighted by molar-refractivity contribution is 5.92. The molecule has 0 bridgehead atoms. The van der Waals surface area contributed by atoms with Crippen molar-refractivity contribution in [3.8, 4) is 0 Å². The maximum Gasteiger partial charge on any atom is 0.272 e. The molecule has 2 aliphatic heterocycles. The monoisotopic (exact) mass is 342 g/mol. The minimum atomic E-state index is -0.122. The van der Waals surface area contributed by atoms with Gasteiger partial charge in [0.1, 0.15) is 5.69 Å². The van der Waals surface area contributed by atoms with Gasteiger partial charge in [0.2, 0.25) is 5.95 Å². The van der Waals surface area contributed by atoms with E-state index in [9.17, 15) is 9.59 Å². The highest BCUT2D eigenvalue weighted by Crippen LogP contribution is 2.27. The molecule has 0 saturated carbocycles. The normalized spacial score (nSPS) is 20.4. The Kier molecular flexibility index (Phi) is 4.03. The first-order valence-corrected chi connectivity index (χ1v) is 8.73. The van der Waals surface area contributed by atoms with E-state index >= 15 is 0 Å². The lowest BCUT2D eigenvalue weighted by Gasteiger charge is -2.19. The minimum absolute atomic E-state index is 0.0212. The van der Waals surface area contributed by atoms with Crippen molar-refractivity contribution < 1.29 is 4.79 Å². The van der Waals surface area contributed by atoms with Crippen LogP contribution in [0, 0.1) is 0 Å². The molecule has 2 saturated heterocycles. The Morgan fingerprint density at radius 2 is 2.08 bits per heavy atom. The number of carbonyl (C=O) groups is 1. The molecule has 4 heterocycles. The van der Waals surface area contributed by atoms with Crippen molar-refractivity contribution in [2.75, 3.05) is 31.1 Å². The molecule has 1 atom stereocenters. The molecule has 8 nitrogen and oxygen atoms in total. The summed E-state index contributed by atoms with van der Waals surface area (Å²) in [7, 11) is 1.81. The fourth-order valence-electron chi connectivity index (χ4n) is 3.66. The van der Waals surface area contributed by atoms with E-state index < -0.39 is 0 Å². The van der Waals surface area contributed by atoms with Crippen molar-refractivity contribution >= 4 is 11.9 Å². The molecule has 8 heteroatoms. The van der Waals surface area contributed by atoms with E-state index in [1.807, 2.05) is 11.9 Å². The van der Waals surface area contributed by atoms with Crippen molar-refractivity contribution in [1.82, 2.24) is 24.4 Å². The summed E-state index contributed by atoms with van der Waals surface area (Å²) in [5.74, 6) is 0.740. The molecular formula is C17H22N6O2. The first-order chi connectivity index (χ1) is 12.1. The molecule has 132 valence electrons. The summed E-state index contributed by atoms with van der Waals surface area (Å²) < 4.78 is 1.73. The van der Waals surface area contributed by atoms with Gasteiger partial charge in [-0.2, -0.15) is 0 Å². The molecule has 2 aromatic heterocycles. The third-order valence-electron chi connectivity index (χ3n) is 5.08. The number of nitrogens with zero attached hydrogens (tertiary/aromatic N) is 5. The van der Waals surface area contributed by atoms with Crippen LogP contribution in [0.5, 0.6) is 0 Å². The Labute approximate surface area is 145 Å². The molecule has 25 heavy (non-hydrogen) atoms. The number of hydrogen-bond donors (Lipinski definition) is 1. The molecule has 2 aliphatic rings. The molecule has 0 aliphatic carbocycles. The summed E-state index contributed by atoms with van der Waals surface area (Å²) in [5.41, 5.74) is 1.24. The van der Waals surface area contributed by atoms with Gasteiger partial charge in [-0.05, 0) is 19.3 Å². The van der Waals surface area contributed by atoms with E-state index in [1.165, 1.54) is 0 Å². The van der Waals surface area contributed by atoms with Crippen molar-refractivity contribution in [1.29, 1.82) is 0 Å². The standard InChI is InChI=1S/C17H22N6O2/c1-21-11-18-9-14(21)16(25)23-7-4-12(10-23)13-8-15(24)20-17(19-13)22-5-2-3-6-22/h8-9,11-12H,2-7,10H2,1H3,(H,19,20,24). The molecule has 4 rings (SSSR count). The Morgan fingerprint density at radius 1 is 1.28 bits per heavy atom. The van der Waals surface area contributed by atoms with Crippen molar-refractivity contribution in [2.45, 2.75) is 25.2 Å². The number of imidazole rings is 1. The van der Waals surface area contributed by atoms with Crippen molar-refractivity contribution in [3.63, 3.8) is 0 Å². The summed E-state index contributed by atoms with van der Waals surface area (Å²) in [4.78, 5) is 40.2. The Hall–Kier alpha value is -2.64. The van der Waals surface area contributed by atoms with Gasteiger partial charge in [-0.15, -0.1) is 0 Å². The van der Waals surface area contributed by atoms with Gasteiger partial charge in [0.15, 0.2) is 0 Å². The Bertz CT molecular complexity index is 836. The number of H-pyrrole nitrogens is 1. The Morgan fingerprint density at radius 3 is 2.80 bits per heavy atom. The highest BCUT2D eigenvalue weighted by atomic mass is 16.2. The average Bonchev–Trinajstić information content (AvgIpc) is 3.35. The fraction of sp³-hybridized carbons (Fsp3) is 0.529. The minimum Gasteiger partial charge on any atom is -0.342 e. The van der Waals surface area contributed by atoms with Crippen LogP contribution in [0.2, 0.25) is 0 Å². The highest BCUT2D eigenvalue weighted by Gasteiger charge is 2.30. The van der Waals surface area contributed by atoms with Gasteiger partial charge >= 0.3 is 0 Å². The van der Waals surface area contributed by atoms with Crippen LogP contribution in [0.25, 0.3) is 0 Å². The quantitative estimate of drug-likeness (QED) is 0.889. The largest absolute Gasteiger partial charge is 0.342 e. The number of aryl methyl sites for hydroxylation is 1. The molecule has 1 amide bonds. The SMILES string of the molecule is Cn1cncc1C(=O)N1CCC(c2cc(=O)[nH]c(N3CCCC3)n2)C1. The number of carbonyl (C=O) groups excluding carboxylic acids is 1. The number of aromatic nitrogens is 4. The molecule has 0 spiro atoms. The average molecular weight is 342 g/mol. The van der Waals surface area contributed by atoms with Crippen LogP contribution in [0.4, 0.5) is 5.95 Å². The number of rotatable bonds is 3. The summed E-state index contributed by atoms with van der Waals surface area (Å²) in [5, 5.41) is 0. The molecule has 2 aromatic rings. The van der Waals surface area contributed by atoms with Gasteiger partial charge < -0.3 is 14.4 Å². The summed E-state index contributed by atoms with van der Waals surface area (Å²) in [6.07, 6.45) is 6.29. The molecule has 0 radical (unpaired) electrons. The topological polar surface area (TPSA) is 87.1 Å².